The Balaban J connectivity index is 1.91. The Bertz CT molecular complexity index is 1010. The van der Waals surface area contributed by atoms with Crippen LogP contribution in [0.15, 0.2) is 54.7 Å². The number of anilines is 1. The van der Waals surface area contributed by atoms with Gasteiger partial charge in [-0.05, 0) is 12.1 Å². The van der Waals surface area contributed by atoms with Crippen LogP contribution in [0, 0.1) is 10.1 Å². The maximum Gasteiger partial charge on any atom is 0.355 e. The van der Waals surface area contributed by atoms with E-state index < -0.39 is 4.92 Å². The highest BCUT2D eigenvalue weighted by molar-refractivity contribution is 6.30. The summed E-state index contributed by atoms with van der Waals surface area (Å²) in [6.07, 6.45) is 1.76. The number of nitro groups is 1. The summed E-state index contributed by atoms with van der Waals surface area (Å²) < 4.78 is 3.36. The van der Waals surface area contributed by atoms with Gasteiger partial charge in [0.2, 0.25) is 0 Å². The van der Waals surface area contributed by atoms with Crippen molar-refractivity contribution < 1.29 is 14.3 Å². The van der Waals surface area contributed by atoms with E-state index in [1.54, 1.807) is 34.5 Å². The predicted molar refractivity (Wildman–Crippen MR) is 97.9 cm³/mol. The van der Waals surface area contributed by atoms with Gasteiger partial charge in [-0.25, -0.2) is 9.13 Å². The minimum atomic E-state index is -0.530. The summed E-state index contributed by atoms with van der Waals surface area (Å²) in [5, 5.41) is 11.5. The third kappa shape index (κ3) is 3.43. The Hall–Kier alpha value is -3.19. The molecule has 2 aromatic carbocycles. The van der Waals surface area contributed by atoms with Gasteiger partial charge in [0.25, 0.3) is 5.69 Å². The van der Waals surface area contributed by atoms with Gasteiger partial charge in [0.15, 0.2) is 5.78 Å². The van der Waals surface area contributed by atoms with Gasteiger partial charge in [0.1, 0.15) is 18.4 Å². The van der Waals surface area contributed by atoms with Gasteiger partial charge in [0.05, 0.1) is 12.0 Å². The van der Waals surface area contributed by atoms with Crippen LogP contribution in [0.25, 0.3) is 11.3 Å². The molecule has 132 valence electrons. The summed E-state index contributed by atoms with van der Waals surface area (Å²) >= 11 is 6.04. The van der Waals surface area contributed by atoms with E-state index in [9.17, 15) is 14.9 Å². The smallest absolute Gasteiger partial charge is 0.291 e. The van der Waals surface area contributed by atoms with E-state index in [4.69, 9.17) is 17.3 Å². The van der Waals surface area contributed by atoms with Crippen molar-refractivity contribution in [1.29, 1.82) is 0 Å². The number of nitrogens with two attached hydrogens (primary N) is 1. The van der Waals surface area contributed by atoms with Gasteiger partial charge in [-0.3, -0.25) is 20.6 Å². The first-order valence-electron chi connectivity index (χ1n) is 7.75. The fourth-order valence-electron chi connectivity index (χ4n) is 2.70. The van der Waals surface area contributed by atoms with Crippen molar-refractivity contribution in [2.75, 3.05) is 5.73 Å². The number of carbonyl (C=O) groups excluding carboxylic acids is 1. The maximum absolute atomic E-state index is 12.5. The number of rotatable bonds is 5. The molecule has 3 rings (SSSR count). The highest BCUT2D eigenvalue weighted by atomic mass is 35.5. The van der Waals surface area contributed by atoms with Crippen molar-refractivity contribution >= 4 is 29.0 Å². The lowest BCUT2D eigenvalue weighted by molar-refractivity contribution is -0.667. The SMILES string of the molecule is Cn1c(-c2cccc(Cl)c2)c[n+](CC(=O)c2cccc([N+](=O)[O-])c2)c1N. The van der Waals surface area contributed by atoms with E-state index in [0.29, 0.717) is 11.0 Å². The van der Waals surface area contributed by atoms with Crippen molar-refractivity contribution in [2.45, 2.75) is 6.54 Å². The van der Waals surface area contributed by atoms with E-state index in [1.165, 1.54) is 18.2 Å². The third-order valence-electron chi connectivity index (χ3n) is 4.09. The third-order valence-corrected chi connectivity index (χ3v) is 4.33. The lowest BCUT2D eigenvalue weighted by Gasteiger charge is -2.00. The van der Waals surface area contributed by atoms with Gasteiger partial charge in [-0.15, -0.1) is 0 Å². The van der Waals surface area contributed by atoms with Gasteiger partial charge < -0.3 is 0 Å². The normalized spacial score (nSPS) is 10.7. The highest BCUT2D eigenvalue weighted by Gasteiger charge is 2.21. The molecule has 0 aliphatic heterocycles. The van der Waals surface area contributed by atoms with Crippen LogP contribution in [0.1, 0.15) is 10.4 Å². The molecule has 0 atom stereocenters. The first-order chi connectivity index (χ1) is 12.4. The molecule has 0 aliphatic rings. The van der Waals surface area contributed by atoms with Crippen molar-refractivity contribution in [3.63, 3.8) is 0 Å². The molecule has 1 heterocycles. The van der Waals surface area contributed by atoms with E-state index in [-0.39, 0.29) is 23.6 Å². The van der Waals surface area contributed by atoms with Crippen molar-refractivity contribution in [3.8, 4) is 11.3 Å². The topological polar surface area (TPSA) is 95.0 Å². The summed E-state index contributed by atoms with van der Waals surface area (Å²) in [5.74, 6) is 0.118. The van der Waals surface area contributed by atoms with Gasteiger partial charge in [0, 0.05) is 28.3 Å². The summed E-state index contributed by atoms with van der Waals surface area (Å²) in [4.78, 5) is 22.9. The van der Waals surface area contributed by atoms with Gasteiger partial charge in [-0.1, -0.05) is 35.9 Å². The molecule has 7 nitrogen and oxygen atoms in total. The van der Waals surface area contributed by atoms with Crippen molar-refractivity contribution in [1.82, 2.24) is 4.57 Å². The number of benzene rings is 2. The second kappa shape index (κ2) is 6.97. The first-order valence-corrected chi connectivity index (χ1v) is 8.13. The molecule has 26 heavy (non-hydrogen) atoms. The molecule has 0 aliphatic carbocycles. The second-order valence-corrected chi connectivity index (χ2v) is 6.24. The highest BCUT2D eigenvalue weighted by Crippen LogP contribution is 2.23. The molecule has 0 spiro atoms. The molecule has 0 fully saturated rings. The van der Waals surface area contributed by atoms with E-state index in [1.807, 2.05) is 18.2 Å². The molecule has 8 heteroatoms. The molecule has 0 bridgehead atoms. The zero-order valence-electron chi connectivity index (χ0n) is 13.9. The minimum Gasteiger partial charge on any atom is -0.291 e. The molecule has 0 saturated carbocycles. The Morgan fingerprint density at radius 2 is 2.00 bits per heavy atom. The largest absolute Gasteiger partial charge is 0.355 e. The number of ketones is 1. The van der Waals surface area contributed by atoms with Crippen LogP contribution in [0.2, 0.25) is 5.02 Å². The van der Waals surface area contributed by atoms with Crippen LogP contribution in [0.4, 0.5) is 11.6 Å². The van der Waals surface area contributed by atoms with Crippen LogP contribution in [-0.4, -0.2) is 15.3 Å². The number of imidazole rings is 1. The van der Waals surface area contributed by atoms with Crippen LogP contribution in [0.3, 0.4) is 0 Å². The fraction of sp³-hybridized carbons (Fsp3) is 0.111. The average Bonchev–Trinajstić information content (AvgIpc) is 2.90. The average molecular weight is 372 g/mol. The van der Waals surface area contributed by atoms with Crippen LogP contribution in [-0.2, 0) is 13.6 Å². The molecular formula is C18H16ClN4O3+. The molecule has 3 aromatic rings. The molecular weight excluding hydrogens is 356 g/mol. The zero-order chi connectivity index (χ0) is 18.8. The fourth-order valence-corrected chi connectivity index (χ4v) is 2.89. The standard InChI is InChI=1S/C18H15ClN4O3/c1-21-16(12-4-2-6-14(19)8-12)10-22(18(21)20)11-17(24)13-5-3-7-15(9-13)23(25)26/h2-10,20H,11H2,1H3/p+1. The second-order valence-electron chi connectivity index (χ2n) is 5.80. The number of carbonyl (C=O) groups is 1. The molecule has 0 radical (unpaired) electrons. The minimum absolute atomic E-state index is 0.0264. The number of Topliss-reactive ketones (excluding diaryl/α,β-unsaturated/α-hetero) is 1. The number of non-ortho nitro benzene ring substituents is 1. The van der Waals surface area contributed by atoms with E-state index in [0.717, 1.165) is 11.3 Å². The predicted octanol–water partition coefficient (Wildman–Crippen LogP) is 3.01. The summed E-state index contributed by atoms with van der Waals surface area (Å²) in [7, 11) is 1.79. The summed E-state index contributed by atoms with van der Waals surface area (Å²) in [6, 6.07) is 13.0. The monoisotopic (exact) mass is 371 g/mol. The quantitative estimate of drug-likeness (QED) is 0.323. The summed E-state index contributed by atoms with van der Waals surface area (Å²) in [5.41, 5.74) is 7.93. The number of hydrogen-bond donors (Lipinski definition) is 1. The lowest BCUT2D eigenvalue weighted by Crippen LogP contribution is -2.39. The molecule has 0 unspecified atom stereocenters. The number of aromatic nitrogens is 2. The zero-order valence-corrected chi connectivity index (χ0v) is 14.7. The maximum atomic E-state index is 12.5. The lowest BCUT2D eigenvalue weighted by atomic mass is 10.1. The number of halogens is 1. The molecule has 1 aromatic heterocycles. The summed E-state index contributed by atoms with van der Waals surface area (Å²) in [6.45, 7) is -0.0264. The van der Waals surface area contributed by atoms with Crippen LogP contribution >= 0.6 is 11.6 Å². The Labute approximate surface area is 154 Å². The first kappa shape index (κ1) is 17.6. The Morgan fingerprint density at radius 3 is 2.69 bits per heavy atom. The number of nitrogen functional groups attached to an aromatic ring is 1. The van der Waals surface area contributed by atoms with Crippen molar-refractivity contribution in [2.24, 2.45) is 7.05 Å². The van der Waals surface area contributed by atoms with E-state index in [2.05, 4.69) is 0 Å². The number of nitrogens with zero attached hydrogens (tertiary/aromatic N) is 3. The van der Waals surface area contributed by atoms with E-state index >= 15 is 0 Å². The Kier molecular flexibility index (Phi) is 4.73. The van der Waals surface area contributed by atoms with Crippen molar-refractivity contribution in [3.05, 3.63) is 75.4 Å². The Morgan fingerprint density at radius 1 is 1.27 bits per heavy atom. The molecule has 0 saturated heterocycles. The molecule has 2 N–H and O–H groups in total. The number of nitro benzene ring substituents is 1. The van der Waals surface area contributed by atoms with Gasteiger partial charge >= 0.3 is 5.95 Å². The van der Waals surface area contributed by atoms with Crippen LogP contribution in [0.5, 0.6) is 0 Å². The molecule has 0 amide bonds. The van der Waals surface area contributed by atoms with Gasteiger partial charge in [-0.2, -0.15) is 0 Å². The van der Waals surface area contributed by atoms with Crippen LogP contribution < -0.4 is 10.3 Å². The number of hydrogen-bond acceptors (Lipinski definition) is 4.